The van der Waals surface area contributed by atoms with Gasteiger partial charge in [0.15, 0.2) is 0 Å². The van der Waals surface area contributed by atoms with Crippen LogP contribution < -0.4 is 16.4 Å². The second kappa shape index (κ2) is 6.30. The van der Waals surface area contributed by atoms with Crippen molar-refractivity contribution in [3.05, 3.63) is 0 Å². The molecule has 0 radical (unpaired) electrons. The minimum atomic E-state index is -1.18. The quantitative estimate of drug-likeness (QED) is 0.538. The largest absolute Gasteiger partial charge is 0.465 e. The zero-order chi connectivity index (χ0) is 16.3. The molecule has 0 spiro atoms. The maximum Gasteiger partial charge on any atom is 0.404 e. The minimum absolute atomic E-state index is 0.443. The lowest BCUT2D eigenvalue weighted by Gasteiger charge is -2.43. The smallest absolute Gasteiger partial charge is 0.404 e. The van der Waals surface area contributed by atoms with Crippen molar-refractivity contribution in [2.45, 2.75) is 59.7 Å². The lowest BCUT2D eigenvalue weighted by atomic mass is 9.73. The first-order valence-electron chi connectivity index (χ1n) is 6.51. The van der Waals surface area contributed by atoms with E-state index >= 15 is 0 Å². The van der Waals surface area contributed by atoms with Crippen molar-refractivity contribution >= 4 is 12.2 Å². The number of hydrogen-bond donors (Lipinski definition) is 5. The average molecular weight is 289 g/mol. The molecule has 0 aromatic rings. The number of nitrogens with two attached hydrogens (primary N) is 1. The van der Waals surface area contributed by atoms with Crippen LogP contribution in [0.25, 0.3) is 0 Å². The molecule has 2 amide bonds. The van der Waals surface area contributed by atoms with Gasteiger partial charge in [-0.3, -0.25) is 0 Å². The summed E-state index contributed by atoms with van der Waals surface area (Å²) < 4.78 is 0. The first kappa shape index (κ1) is 18.5. The molecule has 0 saturated heterocycles. The summed E-state index contributed by atoms with van der Waals surface area (Å²) in [5.74, 6) is 0. The van der Waals surface area contributed by atoms with Crippen molar-refractivity contribution in [3.8, 4) is 0 Å². The van der Waals surface area contributed by atoms with E-state index in [9.17, 15) is 9.59 Å². The van der Waals surface area contributed by atoms with Crippen LogP contribution in [0.3, 0.4) is 0 Å². The molecule has 0 aromatic heterocycles. The number of hydrogen-bond acceptors (Lipinski definition) is 3. The van der Waals surface area contributed by atoms with Crippen molar-refractivity contribution in [1.82, 2.24) is 10.6 Å². The van der Waals surface area contributed by atoms with E-state index in [1.807, 2.05) is 41.5 Å². The number of carbonyl (C=O) groups is 2. The van der Waals surface area contributed by atoms with Crippen LogP contribution in [0.5, 0.6) is 0 Å². The summed E-state index contributed by atoms with van der Waals surface area (Å²) in [6.07, 6.45) is -2.35. The van der Waals surface area contributed by atoms with Crippen molar-refractivity contribution in [2.24, 2.45) is 16.6 Å². The first-order chi connectivity index (χ1) is 8.76. The van der Waals surface area contributed by atoms with Gasteiger partial charge in [-0.1, -0.05) is 41.5 Å². The fraction of sp³-hybridized carbons (Fsp3) is 0.846. The van der Waals surface area contributed by atoms with Crippen LogP contribution in [-0.2, 0) is 0 Å². The van der Waals surface area contributed by atoms with Crippen molar-refractivity contribution in [1.29, 1.82) is 0 Å². The molecule has 2 atom stereocenters. The summed E-state index contributed by atoms with van der Waals surface area (Å²) >= 11 is 0. The molecule has 7 heteroatoms. The Balaban J connectivity index is 5.40. The average Bonchev–Trinajstić information content (AvgIpc) is 2.18. The highest BCUT2D eigenvalue weighted by atomic mass is 16.4. The predicted molar refractivity (Wildman–Crippen MR) is 76.8 cm³/mol. The number of carboxylic acid groups (broad SMARTS) is 2. The van der Waals surface area contributed by atoms with Gasteiger partial charge in [-0.05, 0) is 10.8 Å². The van der Waals surface area contributed by atoms with Gasteiger partial charge in [-0.25, -0.2) is 9.59 Å². The highest BCUT2D eigenvalue weighted by Crippen LogP contribution is 2.29. The monoisotopic (exact) mass is 289 g/mol. The van der Waals surface area contributed by atoms with E-state index in [2.05, 4.69) is 10.6 Å². The Morgan fingerprint density at radius 1 is 0.850 bits per heavy atom. The molecular formula is C13H27N3O4. The van der Waals surface area contributed by atoms with Gasteiger partial charge in [0, 0.05) is 6.04 Å². The van der Waals surface area contributed by atoms with Crippen LogP contribution >= 0.6 is 0 Å². The molecule has 0 saturated carbocycles. The van der Waals surface area contributed by atoms with E-state index in [-0.39, 0.29) is 0 Å². The van der Waals surface area contributed by atoms with Crippen LogP contribution in [0.4, 0.5) is 9.59 Å². The third kappa shape index (κ3) is 5.64. The van der Waals surface area contributed by atoms with Gasteiger partial charge in [0.2, 0.25) is 0 Å². The Hall–Kier alpha value is -1.50. The summed E-state index contributed by atoms with van der Waals surface area (Å²) in [7, 11) is 0. The van der Waals surface area contributed by atoms with Gasteiger partial charge in [0.1, 0.15) is 0 Å². The first-order valence-corrected chi connectivity index (χ1v) is 6.51. The van der Waals surface area contributed by atoms with E-state index in [4.69, 9.17) is 15.9 Å². The van der Waals surface area contributed by atoms with Gasteiger partial charge in [-0.15, -0.1) is 0 Å². The van der Waals surface area contributed by atoms with Crippen molar-refractivity contribution in [3.63, 3.8) is 0 Å². The standard InChI is InChI=1S/C13H27N3O4/c1-12(2,3)8(15-10(17)18)7(14)9(13(4,5)6)16-11(19)20/h7-9,15-16H,14H2,1-6H3,(H,17,18)(H,19,20). The number of rotatable bonds is 4. The summed E-state index contributed by atoms with van der Waals surface area (Å²) in [6, 6.07) is -1.87. The summed E-state index contributed by atoms with van der Waals surface area (Å²) in [6.45, 7) is 11.1. The predicted octanol–water partition coefficient (Wildman–Crippen LogP) is 1.68. The molecule has 118 valence electrons. The van der Waals surface area contributed by atoms with Crippen molar-refractivity contribution in [2.75, 3.05) is 0 Å². The Morgan fingerprint density at radius 3 is 1.25 bits per heavy atom. The van der Waals surface area contributed by atoms with Crippen LogP contribution in [0, 0.1) is 10.8 Å². The van der Waals surface area contributed by atoms with Gasteiger partial charge in [0.25, 0.3) is 0 Å². The summed E-state index contributed by atoms with van der Waals surface area (Å²) in [4.78, 5) is 21.9. The van der Waals surface area contributed by atoms with Gasteiger partial charge in [-0.2, -0.15) is 0 Å². The summed E-state index contributed by atoms with van der Waals surface area (Å²) in [5, 5.41) is 22.7. The molecule has 0 aliphatic rings. The van der Waals surface area contributed by atoms with Crippen LogP contribution in [0.2, 0.25) is 0 Å². The zero-order valence-corrected chi connectivity index (χ0v) is 13.0. The molecule has 6 N–H and O–H groups in total. The molecule has 7 nitrogen and oxygen atoms in total. The Labute approximate surface area is 119 Å². The Morgan fingerprint density at radius 2 is 1.10 bits per heavy atom. The normalized spacial score (nSPS) is 16.9. The molecule has 0 rings (SSSR count). The zero-order valence-electron chi connectivity index (χ0n) is 13.0. The highest BCUT2D eigenvalue weighted by molar-refractivity contribution is 5.66. The molecule has 2 unspecified atom stereocenters. The van der Waals surface area contributed by atoms with E-state index in [0.29, 0.717) is 0 Å². The fourth-order valence-corrected chi connectivity index (χ4v) is 2.24. The maximum atomic E-state index is 11.0. The molecule has 0 fully saturated rings. The van der Waals surface area contributed by atoms with Crippen molar-refractivity contribution < 1.29 is 19.8 Å². The molecule has 0 aliphatic heterocycles. The number of nitrogens with one attached hydrogen (secondary N) is 2. The molecule has 0 aliphatic carbocycles. The SMILES string of the molecule is CC(C)(C)C(NC(=O)O)C(N)C(NC(=O)O)C(C)(C)C. The van der Waals surface area contributed by atoms with Gasteiger partial charge < -0.3 is 26.6 Å². The van der Waals surface area contributed by atoms with Crippen LogP contribution in [0.15, 0.2) is 0 Å². The Kier molecular flexibility index (Phi) is 5.83. The minimum Gasteiger partial charge on any atom is -0.465 e. The van der Waals surface area contributed by atoms with Gasteiger partial charge in [0.05, 0.1) is 12.1 Å². The third-order valence-corrected chi connectivity index (χ3v) is 3.19. The fourth-order valence-electron chi connectivity index (χ4n) is 2.24. The molecule has 0 aromatic carbocycles. The third-order valence-electron chi connectivity index (χ3n) is 3.19. The lowest BCUT2D eigenvalue weighted by molar-refractivity contribution is 0.127. The second-order valence-corrected chi connectivity index (χ2v) is 7.16. The topological polar surface area (TPSA) is 125 Å². The van der Waals surface area contributed by atoms with E-state index in [1.54, 1.807) is 0 Å². The molecule has 0 heterocycles. The molecular weight excluding hydrogens is 262 g/mol. The highest BCUT2D eigenvalue weighted by Gasteiger charge is 2.41. The van der Waals surface area contributed by atoms with Crippen LogP contribution in [-0.4, -0.2) is 40.5 Å². The molecule has 0 bridgehead atoms. The van der Waals surface area contributed by atoms with Crippen LogP contribution in [0.1, 0.15) is 41.5 Å². The lowest BCUT2D eigenvalue weighted by Crippen LogP contribution is -2.65. The number of amides is 2. The molecule has 20 heavy (non-hydrogen) atoms. The summed E-state index contributed by atoms with van der Waals surface area (Å²) in [5.41, 5.74) is 5.29. The van der Waals surface area contributed by atoms with E-state index in [0.717, 1.165) is 0 Å². The Bertz CT molecular complexity index is 324. The van der Waals surface area contributed by atoms with E-state index in [1.165, 1.54) is 0 Å². The maximum absolute atomic E-state index is 11.0. The van der Waals surface area contributed by atoms with Gasteiger partial charge >= 0.3 is 12.2 Å². The second-order valence-electron chi connectivity index (χ2n) is 7.16. The van der Waals surface area contributed by atoms with E-state index < -0.39 is 41.1 Å².